The van der Waals surface area contributed by atoms with Crippen LogP contribution in [0, 0.1) is 0 Å². The summed E-state index contributed by atoms with van der Waals surface area (Å²) in [5.41, 5.74) is 5.36. The van der Waals surface area contributed by atoms with E-state index in [1.165, 1.54) is 22.4 Å². The van der Waals surface area contributed by atoms with Crippen molar-refractivity contribution in [2.75, 3.05) is 25.1 Å². The molecule has 116 valence electrons. The molecule has 2 aromatic rings. The minimum Gasteiger partial charge on any atom is -0.492 e. The van der Waals surface area contributed by atoms with Gasteiger partial charge >= 0.3 is 0 Å². The highest BCUT2D eigenvalue weighted by molar-refractivity contribution is 5.61. The molecule has 0 saturated heterocycles. The summed E-state index contributed by atoms with van der Waals surface area (Å²) in [7, 11) is 1.97. The molecule has 0 bridgehead atoms. The first-order chi connectivity index (χ1) is 10.8. The number of anilines is 1. The summed E-state index contributed by atoms with van der Waals surface area (Å²) >= 11 is 0. The minimum absolute atomic E-state index is 0.695. The van der Waals surface area contributed by atoms with E-state index < -0.39 is 0 Å². The smallest absolute Gasteiger partial charge is 0.142 e. The fourth-order valence-corrected chi connectivity index (χ4v) is 3.11. The SMILES string of the molecule is CCOc1cc(CNC)ccc1N1CCc2ccccc2C1. The van der Waals surface area contributed by atoms with Crippen molar-refractivity contribution >= 4 is 5.69 Å². The molecule has 0 atom stereocenters. The van der Waals surface area contributed by atoms with Crippen LogP contribution in [0.3, 0.4) is 0 Å². The molecule has 0 aliphatic carbocycles. The van der Waals surface area contributed by atoms with Crippen molar-refractivity contribution < 1.29 is 4.74 Å². The van der Waals surface area contributed by atoms with Crippen LogP contribution in [-0.4, -0.2) is 20.2 Å². The number of nitrogens with one attached hydrogen (secondary N) is 1. The van der Waals surface area contributed by atoms with Crippen molar-refractivity contribution in [2.24, 2.45) is 0 Å². The summed E-state index contributed by atoms with van der Waals surface area (Å²) in [4.78, 5) is 2.43. The third kappa shape index (κ3) is 3.09. The van der Waals surface area contributed by atoms with E-state index >= 15 is 0 Å². The summed E-state index contributed by atoms with van der Waals surface area (Å²) in [5, 5.41) is 3.20. The molecule has 0 unspecified atom stereocenters. The average molecular weight is 296 g/mol. The summed E-state index contributed by atoms with van der Waals surface area (Å²) in [6.45, 7) is 5.60. The Morgan fingerprint density at radius 2 is 1.95 bits per heavy atom. The summed E-state index contributed by atoms with van der Waals surface area (Å²) in [6, 6.07) is 15.3. The van der Waals surface area contributed by atoms with Crippen molar-refractivity contribution in [1.82, 2.24) is 5.32 Å². The minimum atomic E-state index is 0.695. The molecular weight excluding hydrogens is 272 g/mol. The second-order valence-corrected chi connectivity index (χ2v) is 5.71. The fraction of sp³-hybridized carbons (Fsp3) is 0.368. The first-order valence-corrected chi connectivity index (χ1v) is 8.04. The zero-order valence-corrected chi connectivity index (χ0v) is 13.4. The lowest BCUT2D eigenvalue weighted by molar-refractivity contribution is 0.339. The first kappa shape index (κ1) is 14.9. The molecule has 0 aromatic heterocycles. The Morgan fingerprint density at radius 3 is 2.73 bits per heavy atom. The number of rotatable bonds is 5. The molecule has 0 saturated carbocycles. The standard InChI is InChI=1S/C19H24N2O/c1-3-22-19-12-15(13-20-2)8-9-18(19)21-11-10-16-6-4-5-7-17(16)14-21/h4-9,12,20H,3,10-11,13-14H2,1-2H3. The lowest BCUT2D eigenvalue weighted by Crippen LogP contribution is -2.30. The fourth-order valence-electron chi connectivity index (χ4n) is 3.11. The molecule has 0 fully saturated rings. The van der Waals surface area contributed by atoms with E-state index in [0.29, 0.717) is 6.61 Å². The second kappa shape index (κ2) is 6.84. The molecule has 1 N–H and O–H groups in total. The van der Waals surface area contributed by atoms with E-state index in [-0.39, 0.29) is 0 Å². The van der Waals surface area contributed by atoms with Gasteiger partial charge in [0, 0.05) is 19.6 Å². The highest BCUT2D eigenvalue weighted by Gasteiger charge is 2.19. The molecule has 1 aliphatic rings. The van der Waals surface area contributed by atoms with Crippen LogP contribution in [0.1, 0.15) is 23.6 Å². The van der Waals surface area contributed by atoms with Gasteiger partial charge in [0.05, 0.1) is 12.3 Å². The zero-order valence-electron chi connectivity index (χ0n) is 13.4. The van der Waals surface area contributed by atoms with Gasteiger partial charge in [-0.15, -0.1) is 0 Å². The van der Waals surface area contributed by atoms with Crippen molar-refractivity contribution in [3.05, 3.63) is 59.2 Å². The number of ether oxygens (including phenoxy) is 1. The zero-order chi connectivity index (χ0) is 15.4. The second-order valence-electron chi connectivity index (χ2n) is 5.71. The van der Waals surface area contributed by atoms with Gasteiger partial charge in [-0.05, 0) is 49.2 Å². The topological polar surface area (TPSA) is 24.5 Å². The van der Waals surface area contributed by atoms with Gasteiger partial charge in [-0.25, -0.2) is 0 Å². The summed E-state index contributed by atoms with van der Waals surface area (Å²) in [6.07, 6.45) is 1.10. The molecular formula is C19H24N2O. The van der Waals surface area contributed by atoms with Gasteiger partial charge in [-0.1, -0.05) is 30.3 Å². The van der Waals surface area contributed by atoms with Gasteiger partial charge in [-0.3, -0.25) is 0 Å². The van der Waals surface area contributed by atoms with Crippen LogP contribution in [0.15, 0.2) is 42.5 Å². The lowest BCUT2D eigenvalue weighted by Gasteiger charge is -2.32. The normalized spacial score (nSPS) is 13.8. The van der Waals surface area contributed by atoms with Crippen LogP contribution in [0.25, 0.3) is 0 Å². The van der Waals surface area contributed by atoms with Gasteiger partial charge < -0.3 is 15.0 Å². The molecule has 0 radical (unpaired) electrons. The number of hydrogen-bond acceptors (Lipinski definition) is 3. The summed E-state index contributed by atoms with van der Waals surface area (Å²) in [5.74, 6) is 0.995. The predicted molar refractivity (Wildman–Crippen MR) is 91.6 cm³/mol. The van der Waals surface area contributed by atoms with Crippen LogP contribution < -0.4 is 15.0 Å². The van der Waals surface area contributed by atoms with E-state index in [0.717, 1.165) is 31.8 Å². The summed E-state index contributed by atoms with van der Waals surface area (Å²) < 4.78 is 5.90. The molecule has 3 heteroatoms. The number of nitrogens with zero attached hydrogens (tertiary/aromatic N) is 1. The van der Waals surface area contributed by atoms with Crippen LogP contribution in [0.5, 0.6) is 5.75 Å². The third-order valence-corrected chi connectivity index (χ3v) is 4.18. The molecule has 2 aromatic carbocycles. The Morgan fingerprint density at radius 1 is 1.14 bits per heavy atom. The number of benzene rings is 2. The Bertz CT molecular complexity index is 639. The number of fused-ring (bicyclic) bond motifs is 1. The van der Waals surface area contributed by atoms with Crippen molar-refractivity contribution in [3.63, 3.8) is 0 Å². The van der Waals surface area contributed by atoms with Gasteiger partial charge in [0.25, 0.3) is 0 Å². The Hall–Kier alpha value is -2.00. The van der Waals surface area contributed by atoms with E-state index in [1.807, 2.05) is 14.0 Å². The largest absolute Gasteiger partial charge is 0.492 e. The van der Waals surface area contributed by atoms with E-state index in [9.17, 15) is 0 Å². The molecule has 3 rings (SSSR count). The highest BCUT2D eigenvalue weighted by atomic mass is 16.5. The van der Waals surface area contributed by atoms with Gasteiger partial charge in [0.1, 0.15) is 5.75 Å². The van der Waals surface area contributed by atoms with Gasteiger partial charge in [0.15, 0.2) is 0 Å². The maximum Gasteiger partial charge on any atom is 0.142 e. The van der Waals surface area contributed by atoms with E-state index in [4.69, 9.17) is 4.74 Å². The highest BCUT2D eigenvalue weighted by Crippen LogP contribution is 2.33. The maximum absolute atomic E-state index is 5.90. The predicted octanol–water partition coefficient (Wildman–Crippen LogP) is 3.37. The van der Waals surface area contributed by atoms with Crippen molar-refractivity contribution in [2.45, 2.75) is 26.4 Å². The van der Waals surface area contributed by atoms with Crippen LogP contribution in [-0.2, 0) is 19.5 Å². The van der Waals surface area contributed by atoms with Crippen LogP contribution in [0.4, 0.5) is 5.69 Å². The Balaban J connectivity index is 1.88. The molecule has 1 heterocycles. The molecule has 1 aliphatic heterocycles. The molecule has 3 nitrogen and oxygen atoms in total. The van der Waals surface area contributed by atoms with Crippen molar-refractivity contribution in [1.29, 1.82) is 0 Å². The van der Waals surface area contributed by atoms with Gasteiger partial charge in [-0.2, -0.15) is 0 Å². The maximum atomic E-state index is 5.90. The molecule has 22 heavy (non-hydrogen) atoms. The van der Waals surface area contributed by atoms with Gasteiger partial charge in [0.2, 0.25) is 0 Å². The average Bonchev–Trinajstić information content (AvgIpc) is 2.55. The van der Waals surface area contributed by atoms with Crippen LogP contribution in [0.2, 0.25) is 0 Å². The molecule has 0 amide bonds. The Labute approximate surface area is 132 Å². The Kier molecular flexibility index (Phi) is 4.64. The number of hydrogen-bond donors (Lipinski definition) is 1. The van der Waals surface area contributed by atoms with E-state index in [1.54, 1.807) is 0 Å². The first-order valence-electron chi connectivity index (χ1n) is 8.04. The third-order valence-electron chi connectivity index (χ3n) is 4.18. The van der Waals surface area contributed by atoms with Crippen molar-refractivity contribution in [3.8, 4) is 5.75 Å². The quantitative estimate of drug-likeness (QED) is 0.915. The molecule has 0 spiro atoms. The monoisotopic (exact) mass is 296 g/mol. The lowest BCUT2D eigenvalue weighted by atomic mass is 9.99. The van der Waals surface area contributed by atoms with E-state index in [2.05, 4.69) is 52.7 Å². The van der Waals surface area contributed by atoms with Crippen LogP contribution >= 0.6 is 0 Å².